The van der Waals surface area contributed by atoms with Crippen LogP contribution in [-0.2, 0) is 21.7 Å². The maximum absolute atomic E-state index is 12.5. The van der Waals surface area contributed by atoms with Crippen molar-refractivity contribution in [2.45, 2.75) is 81.5 Å². The van der Waals surface area contributed by atoms with E-state index in [4.69, 9.17) is 4.74 Å². The van der Waals surface area contributed by atoms with Crippen molar-refractivity contribution in [3.63, 3.8) is 0 Å². The summed E-state index contributed by atoms with van der Waals surface area (Å²) in [7, 11) is 5.96. The Hall–Kier alpha value is -2.81. The van der Waals surface area contributed by atoms with Gasteiger partial charge in [-0.25, -0.2) is 10.4 Å². The van der Waals surface area contributed by atoms with Crippen molar-refractivity contribution < 1.29 is 14.3 Å². The number of carbonyl (C=O) groups excluding carboxylic acids is 2. The van der Waals surface area contributed by atoms with E-state index in [9.17, 15) is 9.59 Å². The lowest BCUT2D eigenvalue weighted by atomic mass is 9.67. The normalized spacial score (nSPS) is 27.3. The van der Waals surface area contributed by atoms with E-state index in [1.54, 1.807) is 7.11 Å². The van der Waals surface area contributed by atoms with Crippen molar-refractivity contribution in [1.29, 1.82) is 0 Å². The van der Waals surface area contributed by atoms with Crippen molar-refractivity contribution in [3.05, 3.63) is 59.3 Å². The number of aromatic nitrogens is 1. The van der Waals surface area contributed by atoms with E-state index in [-0.39, 0.29) is 29.4 Å². The molecule has 8 heteroatoms. The van der Waals surface area contributed by atoms with Gasteiger partial charge in [0.1, 0.15) is 0 Å². The molecule has 5 rings (SSSR count). The van der Waals surface area contributed by atoms with Crippen LogP contribution in [0.2, 0.25) is 0 Å². The van der Waals surface area contributed by atoms with E-state index in [1.807, 2.05) is 12.1 Å². The van der Waals surface area contributed by atoms with Gasteiger partial charge in [0.25, 0.3) is 5.91 Å². The van der Waals surface area contributed by atoms with Crippen LogP contribution in [0.5, 0.6) is 5.88 Å². The minimum Gasteiger partial charge on any atom is -0.481 e. The summed E-state index contributed by atoms with van der Waals surface area (Å²) in [6.07, 6.45) is 8.76. The lowest BCUT2D eigenvalue weighted by Crippen LogP contribution is -2.53. The molecule has 1 spiro atoms. The van der Waals surface area contributed by atoms with Crippen molar-refractivity contribution in [2.75, 3.05) is 21.2 Å². The van der Waals surface area contributed by atoms with Gasteiger partial charge >= 0.3 is 0 Å². The number of nitrogens with zero attached hydrogens (tertiary/aromatic N) is 2. The average molecular weight is 520 g/mol. The van der Waals surface area contributed by atoms with Crippen molar-refractivity contribution in [2.24, 2.45) is 5.92 Å². The number of hydrogen-bond donors (Lipinski definition) is 3. The van der Waals surface area contributed by atoms with Crippen LogP contribution >= 0.6 is 0 Å². The lowest BCUT2D eigenvalue weighted by Gasteiger charge is -2.49. The molecule has 2 saturated carbocycles. The number of rotatable bonds is 9. The largest absolute Gasteiger partial charge is 0.481 e. The van der Waals surface area contributed by atoms with Gasteiger partial charge in [-0.2, -0.15) is 0 Å². The summed E-state index contributed by atoms with van der Waals surface area (Å²) < 4.78 is 5.37. The van der Waals surface area contributed by atoms with Gasteiger partial charge in [0.2, 0.25) is 11.7 Å². The van der Waals surface area contributed by atoms with Gasteiger partial charge in [0.15, 0.2) is 0 Å². The maximum Gasteiger partial charge on any atom is 0.287 e. The van der Waals surface area contributed by atoms with Gasteiger partial charge in [0, 0.05) is 29.6 Å². The molecule has 2 heterocycles. The molecule has 1 amide bonds. The lowest BCUT2D eigenvalue weighted by molar-refractivity contribution is -0.138. The van der Waals surface area contributed by atoms with E-state index in [0.29, 0.717) is 18.2 Å². The minimum atomic E-state index is -0.519. The highest BCUT2D eigenvalue weighted by atomic mass is 16.5. The molecule has 0 unspecified atom stereocenters. The smallest absolute Gasteiger partial charge is 0.287 e. The van der Waals surface area contributed by atoms with Crippen LogP contribution in [0.15, 0.2) is 42.5 Å². The Morgan fingerprint density at radius 3 is 2.45 bits per heavy atom. The number of hydrazine groups is 1. The third-order valence-electron chi connectivity index (χ3n) is 9.24. The first-order chi connectivity index (χ1) is 18.3. The number of carbonyl (C=O) groups is 2. The molecule has 1 saturated heterocycles. The molecule has 3 fully saturated rings. The molecule has 1 atom stereocenters. The number of methoxy groups -OCH3 is 1. The Bertz CT molecular complexity index is 1140. The maximum atomic E-state index is 12.5. The van der Waals surface area contributed by atoms with Crippen LogP contribution in [0, 0.1) is 5.92 Å². The zero-order valence-corrected chi connectivity index (χ0v) is 22.9. The van der Waals surface area contributed by atoms with Crippen molar-refractivity contribution in [1.82, 2.24) is 26.1 Å². The van der Waals surface area contributed by atoms with Crippen LogP contribution in [-0.4, -0.2) is 48.3 Å². The molecule has 3 N–H and O–H groups in total. The number of amides is 1. The molecule has 1 aromatic carbocycles. The Labute approximate surface area is 225 Å². The second kappa shape index (κ2) is 11.1. The molecule has 1 aromatic heterocycles. The summed E-state index contributed by atoms with van der Waals surface area (Å²) in [5.41, 5.74) is 10.4. The molecule has 2 aliphatic carbocycles. The van der Waals surface area contributed by atoms with Crippen molar-refractivity contribution in [3.8, 4) is 5.88 Å². The van der Waals surface area contributed by atoms with Gasteiger partial charge in [-0.1, -0.05) is 42.8 Å². The van der Waals surface area contributed by atoms with Gasteiger partial charge in [0.05, 0.1) is 19.3 Å². The summed E-state index contributed by atoms with van der Waals surface area (Å²) >= 11 is 0. The van der Waals surface area contributed by atoms with Crippen LogP contribution in [0.25, 0.3) is 0 Å². The number of ether oxygens (including phenoxy) is 1. The predicted molar refractivity (Wildman–Crippen MR) is 146 cm³/mol. The molecule has 204 valence electrons. The van der Waals surface area contributed by atoms with Crippen LogP contribution in [0.4, 0.5) is 0 Å². The van der Waals surface area contributed by atoms with Gasteiger partial charge < -0.3 is 10.1 Å². The Morgan fingerprint density at radius 1 is 1.08 bits per heavy atom. The summed E-state index contributed by atoms with van der Waals surface area (Å²) in [5.74, 6) is 0.0153. The SMILES string of the molecule is COc1ccc([C@@H]2CC3(CCC(c4ccccc4)(N(C)C)CC3)NN2)c(CNC(=O)C(=O)CC2CCC2)n1. The summed E-state index contributed by atoms with van der Waals surface area (Å²) in [4.78, 5) is 31.9. The molecule has 0 radical (unpaired) electrons. The highest BCUT2D eigenvalue weighted by Crippen LogP contribution is 2.48. The van der Waals surface area contributed by atoms with Crippen LogP contribution in [0.3, 0.4) is 0 Å². The third kappa shape index (κ3) is 5.35. The quantitative estimate of drug-likeness (QED) is 0.434. The second-order valence-corrected chi connectivity index (χ2v) is 11.6. The first-order valence-corrected chi connectivity index (χ1v) is 13.9. The molecule has 2 aromatic rings. The fourth-order valence-electron chi connectivity index (χ4n) is 6.51. The van der Waals surface area contributed by atoms with Gasteiger partial charge in [-0.3, -0.25) is 19.9 Å². The zero-order valence-electron chi connectivity index (χ0n) is 22.9. The average Bonchev–Trinajstić information content (AvgIpc) is 3.33. The standard InChI is InChI=1S/C30H41N5O3/c1-35(2)30(22-10-5-4-6-11-22)16-14-29(15-17-30)19-24(33-34-29)23-12-13-27(38-3)32-25(23)20-31-28(37)26(36)18-21-8-7-9-21/h4-6,10-13,21,24,33-34H,7-9,14-20H2,1-3H3,(H,31,37)/t24-,29?,30?/m0/s1. The summed E-state index contributed by atoms with van der Waals surface area (Å²) in [6.45, 7) is 0.199. The monoisotopic (exact) mass is 519 g/mol. The van der Waals surface area contributed by atoms with Gasteiger partial charge in [-0.15, -0.1) is 0 Å². The molecule has 38 heavy (non-hydrogen) atoms. The first kappa shape index (κ1) is 26.8. The second-order valence-electron chi connectivity index (χ2n) is 11.6. The Balaban J connectivity index is 1.26. The fourth-order valence-corrected chi connectivity index (χ4v) is 6.51. The van der Waals surface area contributed by atoms with Gasteiger partial charge in [-0.05, 0) is 76.1 Å². The number of pyridine rings is 1. The molecule has 3 aliphatic rings. The Kier molecular flexibility index (Phi) is 7.84. The molecule has 8 nitrogen and oxygen atoms in total. The predicted octanol–water partition coefficient (Wildman–Crippen LogP) is 3.77. The number of ketones is 1. The summed E-state index contributed by atoms with van der Waals surface area (Å²) in [5, 5.41) is 2.82. The summed E-state index contributed by atoms with van der Waals surface area (Å²) in [6, 6.07) is 14.8. The zero-order chi connectivity index (χ0) is 26.8. The first-order valence-electron chi connectivity index (χ1n) is 13.9. The molecule has 0 bridgehead atoms. The number of benzene rings is 1. The van der Waals surface area contributed by atoms with Crippen LogP contribution < -0.4 is 20.9 Å². The van der Waals surface area contributed by atoms with E-state index >= 15 is 0 Å². The topological polar surface area (TPSA) is 95.6 Å². The fraction of sp³-hybridized carbons (Fsp3) is 0.567. The number of hydrogen-bond acceptors (Lipinski definition) is 7. The highest BCUT2D eigenvalue weighted by molar-refractivity contribution is 6.36. The van der Waals surface area contributed by atoms with Crippen molar-refractivity contribution >= 4 is 11.7 Å². The molecular weight excluding hydrogens is 478 g/mol. The van der Waals surface area contributed by atoms with E-state index in [2.05, 4.69) is 70.5 Å². The molecule has 1 aliphatic heterocycles. The third-order valence-corrected chi connectivity index (χ3v) is 9.24. The minimum absolute atomic E-state index is 0.00184. The Morgan fingerprint density at radius 2 is 1.82 bits per heavy atom. The highest BCUT2D eigenvalue weighted by Gasteiger charge is 2.48. The number of nitrogens with one attached hydrogen (secondary N) is 3. The number of Topliss-reactive ketones (excluding diaryl/α,β-unsaturated/α-hetero) is 1. The van der Waals surface area contributed by atoms with Crippen LogP contribution in [0.1, 0.15) is 80.7 Å². The van der Waals surface area contributed by atoms with E-state index in [1.165, 1.54) is 5.56 Å². The molecular formula is C30H41N5O3. The van der Waals surface area contributed by atoms with E-state index in [0.717, 1.165) is 62.6 Å². The van der Waals surface area contributed by atoms with E-state index < -0.39 is 5.91 Å².